The molecule has 1 fully saturated rings. The van der Waals surface area contributed by atoms with E-state index < -0.39 is 6.36 Å². The van der Waals surface area contributed by atoms with E-state index in [-0.39, 0.29) is 5.75 Å². The van der Waals surface area contributed by atoms with Crippen molar-refractivity contribution in [1.29, 1.82) is 0 Å². The van der Waals surface area contributed by atoms with Gasteiger partial charge in [0.2, 0.25) is 0 Å². The van der Waals surface area contributed by atoms with Crippen molar-refractivity contribution in [3.8, 4) is 5.75 Å². The molecule has 1 aliphatic rings. The summed E-state index contributed by atoms with van der Waals surface area (Å²) in [5.41, 5.74) is 0.673. The largest absolute Gasteiger partial charge is 0.573 e. The van der Waals surface area contributed by atoms with Crippen molar-refractivity contribution in [3.63, 3.8) is 0 Å². The molecular formula is C11H12F3NO. The molecule has 1 aromatic rings. The van der Waals surface area contributed by atoms with Gasteiger partial charge in [-0.25, -0.2) is 0 Å². The second-order valence-electron chi connectivity index (χ2n) is 3.85. The van der Waals surface area contributed by atoms with E-state index in [1.807, 2.05) is 0 Å². The zero-order valence-corrected chi connectivity index (χ0v) is 8.55. The summed E-state index contributed by atoms with van der Waals surface area (Å²) in [6, 6.07) is 6.33. The Hall–Kier alpha value is -1.39. The standard InChI is InChI=1S/C11H12F3NO/c12-11(13,14)16-10-6-2-5-9(7-10)15-8-3-1-4-8/h2,5-8,15H,1,3-4H2. The van der Waals surface area contributed by atoms with Crippen LogP contribution in [0.3, 0.4) is 0 Å². The molecule has 0 spiro atoms. The van der Waals surface area contributed by atoms with E-state index in [0.29, 0.717) is 11.7 Å². The molecule has 0 saturated heterocycles. The number of alkyl halides is 3. The average Bonchev–Trinajstić information content (AvgIpc) is 2.09. The SMILES string of the molecule is FC(F)(F)Oc1cccc(NC2CCC2)c1. The highest BCUT2D eigenvalue weighted by Crippen LogP contribution is 2.28. The second kappa shape index (κ2) is 4.23. The fourth-order valence-corrected chi connectivity index (χ4v) is 1.57. The van der Waals surface area contributed by atoms with Gasteiger partial charge >= 0.3 is 6.36 Å². The van der Waals surface area contributed by atoms with Gasteiger partial charge in [-0.05, 0) is 31.4 Å². The molecule has 16 heavy (non-hydrogen) atoms. The summed E-state index contributed by atoms with van der Waals surface area (Å²) in [5.74, 6) is -0.183. The predicted octanol–water partition coefficient (Wildman–Crippen LogP) is 3.55. The van der Waals surface area contributed by atoms with Crippen molar-refractivity contribution in [1.82, 2.24) is 0 Å². The van der Waals surface area contributed by atoms with Crippen LogP contribution in [0, 0.1) is 0 Å². The highest BCUT2D eigenvalue weighted by Gasteiger charge is 2.31. The van der Waals surface area contributed by atoms with Crippen LogP contribution in [-0.4, -0.2) is 12.4 Å². The first kappa shape index (κ1) is 11.1. The van der Waals surface area contributed by atoms with Crippen LogP contribution < -0.4 is 10.1 Å². The maximum absolute atomic E-state index is 12.0. The number of rotatable bonds is 3. The minimum Gasteiger partial charge on any atom is -0.406 e. The van der Waals surface area contributed by atoms with Crippen LogP contribution in [0.5, 0.6) is 5.75 Å². The lowest BCUT2D eigenvalue weighted by molar-refractivity contribution is -0.274. The van der Waals surface area contributed by atoms with E-state index in [9.17, 15) is 13.2 Å². The van der Waals surface area contributed by atoms with Crippen LogP contribution in [0.4, 0.5) is 18.9 Å². The summed E-state index contributed by atoms with van der Waals surface area (Å²) in [6.07, 6.45) is -1.31. The lowest BCUT2D eigenvalue weighted by Crippen LogP contribution is -2.27. The molecule has 0 radical (unpaired) electrons. The molecule has 1 saturated carbocycles. The smallest absolute Gasteiger partial charge is 0.406 e. The van der Waals surface area contributed by atoms with Crippen molar-refractivity contribution in [2.45, 2.75) is 31.7 Å². The molecule has 0 atom stereocenters. The van der Waals surface area contributed by atoms with Crippen LogP contribution in [0.1, 0.15) is 19.3 Å². The fourth-order valence-electron chi connectivity index (χ4n) is 1.57. The maximum Gasteiger partial charge on any atom is 0.573 e. The van der Waals surface area contributed by atoms with Gasteiger partial charge in [-0.3, -0.25) is 0 Å². The number of anilines is 1. The Morgan fingerprint density at radius 1 is 1.25 bits per heavy atom. The molecule has 0 bridgehead atoms. The summed E-state index contributed by atoms with van der Waals surface area (Å²) >= 11 is 0. The first-order chi connectivity index (χ1) is 7.53. The van der Waals surface area contributed by atoms with Crippen LogP contribution in [0.2, 0.25) is 0 Å². The Labute approximate surface area is 91.4 Å². The fraction of sp³-hybridized carbons (Fsp3) is 0.455. The minimum atomic E-state index is -4.63. The second-order valence-corrected chi connectivity index (χ2v) is 3.85. The lowest BCUT2D eigenvalue weighted by atomic mass is 9.93. The summed E-state index contributed by atoms with van der Waals surface area (Å²) < 4.78 is 39.7. The van der Waals surface area contributed by atoms with Crippen molar-refractivity contribution in [2.75, 3.05) is 5.32 Å². The third-order valence-corrected chi connectivity index (χ3v) is 2.54. The molecule has 2 nitrogen and oxygen atoms in total. The van der Waals surface area contributed by atoms with Crippen molar-refractivity contribution >= 4 is 5.69 Å². The third kappa shape index (κ3) is 3.05. The average molecular weight is 231 g/mol. The van der Waals surface area contributed by atoms with Gasteiger partial charge in [0.1, 0.15) is 5.75 Å². The highest BCUT2D eigenvalue weighted by atomic mass is 19.4. The van der Waals surface area contributed by atoms with Crippen LogP contribution in [-0.2, 0) is 0 Å². The minimum absolute atomic E-state index is 0.183. The van der Waals surface area contributed by atoms with Gasteiger partial charge in [0.05, 0.1) is 0 Å². The van der Waals surface area contributed by atoms with Gasteiger partial charge in [-0.1, -0.05) is 6.07 Å². The number of nitrogens with one attached hydrogen (secondary N) is 1. The van der Waals surface area contributed by atoms with Crippen molar-refractivity contribution < 1.29 is 17.9 Å². The van der Waals surface area contributed by atoms with Crippen molar-refractivity contribution in [3.05, 3.63) is 24.3 Å². The molecule has 88 valence electrons. The first-order valence-electron chi connectivity index (χ1n) is 5.15. The third-order valence-electron chi connectivity index (χ3n) is 2.54. The van der Waals surface area contributed by atoms with Gasteiger partial charge in [0, 0.05) is 17.8 Å². The monoisotopic (exact) mass is 231 g/mol. The number of hydrogen-bond acceptors (Lipinski definition) is 2. The van der Waals surface area contributed by atoms with E-state index in [2.05, 4.69) is 10.1 Å². The molecular weight excluding hydrogens is 219 g/mol. The molecule has 0 heterocycles. The van der Waals surface area contributed by atoms with E-state index in [1.165, 1.54) is 18.6 Å². The number of benzene rings is 1. The molecule has 1 N–H and O–H groups in total. The van der Waals surface area contributed by atoms with Gasteiger partial charge < -0.3 is 10.1 Å². The number of ether oxygens (including phenoxy) is 1. The summed E-state index contributed by atoms with van der Waals surface area (Å²) in [7, 11) is 0. The number of halogens is 3. The topological polar surface area (TPSA) is 21.3 Å². The molecule has 1 aromatic carbocycles. The Kier molecular flexibility index (Phi) is 2.94. The van der Waals surface area contributed by atoms with Crippen LogP contribution in [0.25, 0.3) is 0 Å². The summed E-state index contributed by atoms with van der Waals surface area (Å²) in [4.78, 5) is 0. The van der Waals surface area contributed by atoms with Gasteiger partial charge in [0.15, 0.2) is 0 Å². The van der Waals surface area contributed by atoms with E-state index in [0.717, 1.165) is 12.8 Å². The summed E-state index contributed by atoms with van der Waals surface area (Å²) in [6.45, 7) is 0. The zero-order chi connectivity index (χ0) is 11.6. The Morgan fingerprint density at radius 2 is 2.00 bits per heavy atom. The van der Waals surface area contributed by atoms with Crippen molar-refractivity contribution in [2.24, 2.45) is 0 Å². The van der Waals surface area contributed by atoms with Crippen LogP contribution in [0.15, 0.2) is 24.3 Å². The van der Waals surface area contributed by atoms with Crippen LogP contribution >= 0.6 is 0 Å². The van der Waals surface area contributed by atoms with Gasteiger partial charge in [-0.15, -0.1) is 13.2 Å². The maximum atomic E-state index is 12.0. The van der Waals surface area contributed by atoms with E-state index in [1.54, 1.807) is 12.1 Å². The molecule has 2 rings (SSSR count). The molecule has 0 aliphatic heterocycles. The van der Waals surface area contributed by atoms with Gasteiger partial charge in [0.25, 0.3) is 0 Å². The van der Waals surface area contributed by atoms with E-state index >= 15 is 0 Å². The lowest BCUT2D eigenvalue weighted by Gasteiger charge is -2.27. The molecule has 0 amide bonds. The molecule has 0 unspecified atom stereocenters. The highest BCUT2D eigenvalue weighted by molar-refractivity contribution is 5.49. The van der Waals surface area contributed by atoms with Gasteiger partial charge in [-0.2, -0.15) is 0 Å². The Bertz CT molecular complexity index is 360. The Balaban J connectivity index is 2.00. The summed E-state index contributed by atoms with van der Waals surface area (Å²) in [5, 5.41) is 3.16. The predicted molar refractivity (Wildman–Crippen MR) is 54.4 cm³/mol. The number of hydrogen-bond donors (Lipinski definition) is 1. The van der Waals surface area contributed by atoms with E-state index in [4.69, 9.17) is 0 Å². The zero-order valence-electron chi connectivity index (χ0n) is 8.55. The normalized spacial score (nSPS) is 16.7. The molecule has 1 aliphatic carbocycles. The molecule has 5 heteroatoms. The quantitative estimate of drug-likeness (QED) is 0.858. The Morgan fingerprint density at radius 3 is 2.56 bits per heavy atom. The first-order valence-corrected chi connectivity index (χ1v) is 5.15. The molecule has 0 aromatic heterocycles.